The summed E-state index contributed by atoms with van der Waals surface area (Å²) in [7, 11) is 0. The number of hydrogen-bond donors (Lipinski definition) is 0. The Kier molecular flexibility index (Phi) is 2.12. The third-order valence-corrected chi connectivity index (χ3v) is 3.70. The second kappa shape index (κ2) is 2.96. The van der Waals surface area contributed by atoms with Crippen molar-refractivity contribution in [2.75, 3.05) is 19.4 Å². The highest BCUT2D eigenvalue weighted by atomic mass is 32.2. The van der Waals surface area contributed by atoms with Gasteiger partial charge in [-0.3, -0.25) is 4.90 Å². The fraction of sp³-hybridized carbons (Fsp3) is 1.00. The minimum atomic E-state index is 0.551. The van der Waals surface area contributed by atoms with Gasteiger partial charge in [0.1, 0.15) is 0 Å². The first-order valence-corrected chi connectivity index (χ1v) is 5.50. The molecule has 2 saturated heterocycles. The summed E-state index contributed by atoms with van der Waals surface area (Å²) in [4.78, 5) is 2.57. The highest BCUT2D eigenvalue weighted by Crippen LogP contribution is 2.31. The van der Waals surface area contributed by atoms with Crippen LogP contribution in [-0.2, 0) is 4.74 Å². The molecule has 2 aliphatic heterocycles. The summed E-state index contributed by atoms with van der Waals surface area (Å²) < 4.78 is 5.53. The van der Waals surface area contributed by atoms with Crippen LogP contribution in [0.4, 0.5) is 0 Å². The molecule has 2 heterocycles. The van der Waals surface area contributed by atoms with E-state index in [2.05, 4.69) is 18.1 Å². The van der Waals surface area contributed by atoms with Crippen LogP contribution in [0, 0.1) is 0 Å². The largest absolute Gasteiger partial charge is 0.375 e. The van der Waals surface area contributed by atoms with Crippen molar-refractivity contribution in [1.29, 1.82) is 0 Å². The van der Waals surface area contributed by atoms with Crippen LogP contribution in [0.2, 0.25) is 0 Å². The first-order valence-electron chi connectivity index (χ1n) is 4.21. The van der Waals surface area contributed by atoms with Crippen LogP contribution in [0.3, 0.4) is 0 Å². The Bertz CT molecular complexity index is 153. The molecular formula is C8H15NOS. The van der Waals surface area contributed by atoms with Crippen LogP contribution in [0.25, 0.3) is 0 Å². The smallest absolute Gasteiger partial charge is 0.0719 e. The monoisotopic (exact) mass is 173 g/mol. The van der Waals surface area contributed by atoms with E-state index in [0.717, 1.165) is 19.2 Å². The van der Waals surface area contributed by atoms with Gasteiger partial charge in [0.15, 0.2) is 0 Å². The van der Waals surface area contributed by atoms with Crippen LogP contribution in [0.1, 0.15) is 13.3 Å². The molecule has 2 fully saturated rings. The molecule has 0 radical (unpaired) electrons. The minimum absolute atomic E-state index is 0.551. The number of likely N-dealkylation sites (tertiary alicyclic amines) is 1. The minimum Gasteiger partial charge on any atom is -0.375 e. The average molecular weight is 173 g/mol. The van der Waals surface area contributed by atoms with E-state index >= 15 is 0 Å². The first kappa shape index (κ1) is 7.90. The summed E-state index contributed by atoms with van der Waals surface area (Å²) in [6.45, 7) is 4.41. The van der Waals surface area contributed by atoms with Crippen LogP contribution in [-0.4, -0.2) is 41.8 Å². The maximum absolute atomic E-state index is 5.53. The van der Waals surface area contributed by atoms with Crippen molar-refractivity contribution < 1.29 is 4.74 Å². The standard InChI is InChI=1S/C8H15NOS/c1-6(11-2)9-4-8-3-7(9)5-10-8/h6-8H,3-5H2,1-2H3/t6?,7-,8-/m1/s1. The lowest BCUT2D eigenvalue weighted by Crippen LogP contribution is -2.41. The van der Waals surface area contributed by atoms with Gasteiger partial charge in [0.05, 0.1) is 18.1 Å². The number of nitrogens with zero attached hydrogens (tertiary/aromatic N) is 1. The number of thioether (sulfide) groups is 1. The molecule has 0 saturated carbocycles. The highest BCUT2D eigenvalue weighted by molar-refractivity contribution is 7.99. The van der Waals surface area contributed by atoms with Crippen molar-refractivity contribution in [2.24, 2.45) is 0 Å². The summed E-state index contributed by atoms with van der Waals surface area (Å²) in [6, 6.07) is 0.724. The van der Waals surface area contributed by atoms with Crippen molar-refractivity contribution in [3.05, 3.63) is 0 Å². The van der Waals surface area contributed by atoms with Gasteiger partial charge in [-0.1, -0.05) is 0 Å². The summed E-state index contributed by atoms with van der Waals surface area (Å²) in [5, 5.41) is 0.675. The molecule has 0 spiro atoms. The fourth-order valence-electron chi connectivity index (χ4n) is 2.01. The van der Waals surface area contributed by atoms with Crippen LogP contribution in [0.15, 0.2) is 0 Å². The summed E-state index contributed by atoms with van der Waals surface area (Å²) in [6.07, 6.45) is 4.00. The van der Waals surface area contributed by atoms with Gasteiger partial charge in [0, 0.05) is 12.6 Å². The Balaban J connectivity index is 1.96. The first-order chi connectivity index (χ1) is 5.31. The SMILES string of the molecule is CSC(C)N1C[C@H]2C[C@@H]1CO2. The molecule has 0 aromatic rings. The van der Waals surface area contributed by atoms with Gasteiger partial charge in [-0.2, -0.15) is 0 Å². The average Bonchev–Trinajstić information content (AvgIpc) is 2.62. The van der Waals surface area contributed by atoms with E-state index in [0.29, 0.717) is 11.5 Å². The van der Waals surface area contributed by atoms with E-state index in [1.807, 2.05) is 11.8 Å². The molecule has 2 aliphatic rings. The van der Waals surface area contributed by atoms with Gasteiger partial charge in [0.25, 0.3) is 0 Å². The maximum atomic E-state index is 5.53. The Labute approximate surface area is 72.3 Å². The molecule has 1 unspecified atom stereocenters. The Hall–Kier alpha value is 0.270. The van der Waals surface area contributed by atoms with E-state index in [-0.39, 0.29) is 0 Å². The normalized spacial score (nSPS) is 39.8. The van der Waals surface area contributed by atoms with Gasteiger partial charge >= 0.3 is 0 Å². The van der Waals surface area contributed by atoms with Crippen molar-refractivity contribution >= 4 is 11.8 Å². The van der Waals surface area contributed by atoms with Crippen molar-refractivity contribution in [3.8, 4) is 0 Å². The summed E-state index contributed by atoms with van der Waals surface area (Å²) in [5.74, 6) is 0. The zero-order chi connectivity index (χ0) is 7.84. The van der Waals surface area contributed by atoms with E-state index in [1.54, 1.807) is 0 Å². The molecule has 0 aromatic heterocycles. The second-order valence-electron chi connectivity index (χ2n) is 3.38. The van der Waals surface area contributed by atoms with E-state index < -0.39 is 0 Å². The second-order valence-corrected chi connectivity index (χ2v) is 4.53. The summed E-state index contributed by atoms with van der Waals surface area (Å²) in [5.41, 5.74) is 0. The van der Waals surface area contributed by atoms with E-state index in [4.69, 9.17) is 4.74 Å². The van der Waals surface area contributed by atoms with Crippen molar-refractivity contribution in [3.63, 3.8) is 0 Å². The topological polar surface area (TPSA) is 12.5 Å². The molecule has 3 atom stereocenters. The molecule has 0 amide bonds. The van der Waals surface area contributed by atoms with E-state index in [9.17, 15) is 0 Å². The Morgan fingerprint density at radius 2 is 2.45 bits per heavy atom. The van der Waals surface area contributed by atoms with Crippen LogP contribution in [0.5, 0.6) is 0 Å². The van der Waals surface area contributed by atoms with Gasteiger partial charge < -0.3 is 4.74 Å². The predicted molar refractivity (Wildman–Crippen MR) is 47.8 cm³/mol. The Morgan fingerprint density at radius 3 is 2.91 bits per heavy atom. The number of rotatable bonds is 2. The number of ether oxygens (including phenoxy) is 1. The Morgan fingerprint density at radius 1 is 1.64 bits per heavy atom. The molecule has 2 rings (SSSR count). The lowest BCUT2D eigenvalue weighted by Gasteiger charge is -2.31. The van der Waals surface area contributed by atoms with Crippen molar-refractivity contribution in [2.45, 2.75) is 30.9 Å². The quantitative estimate of drug-likeness (QED) is 0.622. The molecule has 0 N–H and O–H groups in total. The molecule has 0 aromatic carbocycles. The number of morpholine rings is 1. The van der Waals surface area contributed by atoms with Gasteiger partial charge in [-0.25, -0.2) is 0 Å². The molecular weight excluding hydrogens is 158 g/mol. The summed E-state index contributed by atoms with van der Waals surface area (Å²) >= 11 is 1.93. The molecule has 2 bridgehead atoms. The third-order valence-electron chi connectivity index (χ3n) is 2.75. The molecule has 11 heavy (non-hydrogen) atoms. The van der Waals surface area contributed by atoms with Gasteiger partial charge in [-0.05, 0) is 19.6 Å². The van der Waals surface area contributed by atoms with E-state index in [1.165, 1.54) is 6.42 Å². The predicted octanol–water partition coefficient (Wildman–Crippen LogP) is 1.17. The lowest BCUT2D eigenvalue weighted by molar-refractivity contribution is 0.0282. The highest BCUT2D eigenvalue weighted by Gasteiger charge is 2.40. The zero-order valence-corrected chi connectivity index (χ0v) is 7.93. The van der Waals surface area contributed by atoms with Gasteiger partial charge in [-0.15, -0.1) is 11.8 Å². The fourth-order valence-corrected chi connectivity index (χ4v) is 2.54. The maximum Gasteiger partial charge on any atom is 0.0719 e. The van der Waals surface area contributed by atoms with Crippen molar-refractivity contribution in [1.82, 2.24) is 4.90 Å². The third kappa shape index (κ3) is 1.30. The van der Waals surface area contributed by atoms with Crippen LogP contribution < -0.4 is 0 Å². The molecule has 0 aliphatic carbocycles. The number of fused-ring (bicyclic) bond motifs is 2. The molecule has 64 valence electrons. The lowest BCUT2D eigenvalue weighted by atomic mass is 10.2. The van der Waals surface area contributed by atoms with Crippen LogP contribution >= 0.6 is 11.8 Å². The zero-order valence-electron chi connectivity index (χ0n) is 7.12. The number of hydrogen-bond acceptors (Lipinski definition) is 3. The molecule has 2 nitrogen and oxygen atoms in total. The molecule has 3 heteroatoms. The van der Waals surface area contributed by atoms with Gasteiger partial charge in [0.2, 0.25) is 0 Å².